The second kappa shape index (κ2) is 14.4. The molecule has 10 heteroatoms. The molecule has 0 bridgehead atoms. The Hall–Kier alpha value is -3.34. The monoisotopic (exact) mass is 511 g/mol. The highest BCUT2D eigenvalue weighted by molar-refractivity contribution is 5.98. The minimum atomic E-state index is -1.12. The molecular formula is C27H41N7O3. The molecule has 0 fully saturated rings. The fraction of sp³-hybridized carbons (Fsp3) is 0.481. The number of anilines is 1. The maximum atomic E-state index is 13.3. The van der Waals surface area contributed by atoms with Crippen molar-refractivity contribution in [2.45, 2.75) is 57.5 Å². The maximum Gasteiger partial charge on any atom is 0.246 e. The van der Waals surface area contributed by atoms with E-state index in [0.717, 1.165) is 11.3 Å². The van der Waals surface area contributed by atoms with Crippen LogP contribution in [0.25, 0.3) is 0 Å². The van der Waals surface area contributed by atoms with Crippen LogP contribution in [0.1, 0.15) is 44.9 Å². The van der Waals surface area contributed by atoms with Gasteiger partial charge >= 0.3 is 0 Å². The molecule has 2 atom stereocenters. The number of hydrogen-bond donors (Lipinski definition) is 5. The number of pyridine rings is 1. The number of aryl methyl sites for hydroxylation is 1. The predicted molar refractivity (Wildman–Crippen MR) is 146 cm³/mol. The molecule has 0 saturated heterocycles. The lowest BCUT2D eigenvalue weighted by molar-refractivity contribution is -0.134. The molecule has 2 aromatic rings. The molecule has 1 aromatic carbocycles. The van der Waals surface area contributed by atoms with Gasteiger partial charge in [0.2, 0.25) is 17.7 Å². The van der Waals surface area contributed by atoms with Crippen molar-refractivity contribution in [3.63, 3.8) is 0 Å². The average Bonchev–Trinajstić information content (AvgIpc) is 2.86. The van der Waals surface area contributed by atoms with Gasteiger partial charge in [0.15, 0.2) is 0 Å². The number of nitrogens with two attached hydrogens (primary N) is 3. The number of hydrogen-bond acceptors (Lipinski definition) is 7. The van der Waals surface area contributed by atoms with Crippen LogP contribution in [0, 0.1) is 0 Å². The molecule has 1 heterocycles. The Bertz CT molecular complexity index is 1020. The van der Waals surface area contributed by atoms with Crippen molar-refractivity contribution in [2.75, 3.05) is 31.5 Å². The van der Waals surface area contributed by atoms with E-state index >= 15 is 0 Å². The van der Waals surface area contributed by atoms with Gasteiger partial charge in [0.25, 0.3) is 0 Å². The van der Waals surface area contributed by atoms with Gasteiger partial charge in [-0.3, -0.25) is 19.4 Å². The standard InChI is InChI=1S/C27H41N7O3/c1-27(2,3)23-17-20(11-14-31-23)32-26(37)22(10-9-19-7-5-4-6-8-19)33-25(36)21(30)18-24(35)34(15-12-28)16-13-29/h4-8,11,14,17,21-22H,9-10,12-13,15-16,18,28-30H2,1-3H3,(H,33,36)(H,31,32,37). The zero-order valence-electron chi connectivity index (χ0n) is 22.1. The van der Waals surface area contributed by atoms with Crippen molar-refractivity contribution in [1.82, 2.24) is 15.2 Å². The molecule has 0 saturated carbocycles. The number of nitrogens with zero attached hydrogens (tertiary/aromatic N) is 2. The van der Waals surface area contributed by atoms with Crippen molar-refractivity contribution < 1.29 is 14.4 Å². The van der Waals surface area contributed by atoms with Gasteiger partial charge in [0, 0.05) is 49.2 Å². The highest BCUT2D eigenvalue weighted by Gasteiger charge is 2.27. The van der Waals surface area contributed by atoms with E-state index < -0.39 is 18.0 Å². The normalized spacial score (nSPS) is 12.9. The van der Waals surface area contributed by atoms with E-state index in [4.69, 9.17) is 17.2 Å². The SMILES string of the molecule is CC(C)(C)c1cc(NC(=O)C(CCc2ccccc2)NC(=O)C(N)CC(=O)N(CCN)CCN)ccn1. The van der Waals surface area contributed by atoms with Crippen LogP contribution in [0.2, 0.25) is 0 Å². The molecule has 37 heavy (non-hydrogen) atoms. The third-order valence-corrected chi connectivity index (χ3v) is 5.88. The van der Waals surface area contributed by atoms with Crippen LogP contribution >= 0.6 is 0 Å². The highest BCUT2D eigenvalue weighted by Crippen LogP contribution is 2.22. The maximum absolute atomic E-state index is 13.3. The van der Waals surface area contributed by atoms with E-state index in [9.17, 15) is 14.4 Å². The van der Waals surface area contributed by atoms with Crippen LogP contribution < -0.4 is 27.8 Å². The van der Waals surface area contributed by atoms with Crippen molar-refractivity contribution in [1.29, 1.82) is 0 Å². The first-order valence-electron chi connectivity index (χ1n) is 12.6. The number of benzene rings is 1. The number of carbonyl (C=O) groups is 3. The summed E-state index contributed by atoms with van der Waals surface area (Å²) in [5.41, 5.74) is 19.5. The fourth-order valence-electron chi connectivity index (χ4n) is 3.73. The fourth-order valence-corrected chi connectivity index (χ4v) is 3.73. The number of carbonyl (C=O) groups excluding carboxylic acids is 3. The zero-order valence-corrected chi connectivity index (χ0v) is 22.1. The average molecular weight is 512 g/mol. The second-order valence-electron chi connectivity index (χ2n) is 10.0. The predicted octanol–water partition coefficient (Wildman–Crippen LogP) is 0.899. The molecule has 202 valence electrons. The Morgan fingerprint density at radius 2 is 1.65 bits per heavy atom. The van der Waals surface area contributed by atoms with Crippen molar-refractivity contribution in [2.24, 2.45) is 17.2 Å². The summed E-state index contributed by atoms with van der Waals surface area (Å²) in [7, 11) is 0. The smallest absolute Gasteiger partial charge is 0.246 e. The molecule has 1 aromatic heterocycles. The number of rotatable bonds is 13. The van der Waals surface area contributed by atoms with Gasteiger partial charge in [0.05, 0.1) is 12.5 Å². The van der Waals surface area contributed by atoms with Gasteiger partial charge in [-0.2, -0.15) is 0 Å². The van der Waals surface area contributed by atoms with Crippen LogP contribution in [-0.2, 0) is 26.2 Å². The van der Waals surface area contributed by atoms with E-state index in [1.807, 2.05) is 57.2 Å². The van der Waals surface area contributed by atoms with Gasteiger partial charge in [-0.05, 0) is 30.5 Å². The minimum absolute atomic E-state index is 0.192. The molecule has 10 nitrogen and oxygen atoms in total. The summed E-state index contributed by atoms with van der Waals surface area (Å²) in [5.74, 6) is -1.26. The molecular weight excluding hydrogens is 470 g/mol. The van der Waals surface area contributed by atoms with E-state index in [0.29, 0.717) is 31.6 Å². The number of amides is 3. The molecule has 2 unspecified atom stereocenters. The Labute approximate surface area is 219 Å². The molecule has 8 N–H and O–H groups in total. The summed E-state index contributed by atoms with van der Waals surface area (Å²) < 4.78 is 0. The molecule has 0 aliphatic heterocycles. The third kappa shape index (κ3) is 9.91. The van der Waals surface area contributed by atoms with Crippen molar-refractivity contribution in [3.05, 3.63) is 59.9 Å². The Morgan fingerprint density at radius 1 is 1.00 bits per heavy atom. The molecule has 2 rings (SSSR count). The molecule has 0 aliphatic carbocycles. The van der Waals surface area contributed by atoms with E-state index in [-0.39, 0.29) is 36.7 Å². The summed E-state index contributed by atoms with van der Waals surface area (Å²) in [6.45, 7) is 7.32. The van der Waals surface area contributed by atoms with Gasteiger partial charge in [-0.15, -0.1) is 0 Å². The Kier molecular flexibility index (Phi) is 11.6. The van der Waals surface area contributed by atoms with Crippen molar-refractivity contribution >= 4 is 23.4 Å². The van der Waals surface area contributed by atoms with Crippen molar-refractivity contribution in [3.8, 4) is 0 Å². The molecule has 3 amide bonds. The van der Waals surface area contributed by atoms with Crippen LogP contribution in [0.5, 0.6) is 0 Å². The highest BCUT2D eigenvalue weighted by atomic mass is 16.2. The summed E-state index contributed by atoms with van der Waals surface area (Å²) in [4.78, 5) is 44.7. The molecule has 0 aliphatic rings. The summed E-state index contributed by atoms with van der Waals surface area (Å²) in [6, 6.07) is 11.2. The lowest BCUT2D eigenvalue weighted by Crippen LogP contribution is -2.52. The lowest BCUT2D eigenvalue weighted by atomic mass is 9.91. The second-order valence-corrected chi connectivity index (χ2v) is 10.0. The summed E-state index contributed by atoms with van der Waals surface area (Å²) in [6.07, 6.45) is 2.35. The molecule has 0 radical (unpaired) electrons. The Morgan fingerprint density at radius 3 is 2.24 bits per heavy atom. The van der Waals surface area contributed by atoms with E-state index in [1.54, 1.807) is 12.3 Å². The van der Waals surface area contributed by atoms with Gasteiger partial charge < -0.3 is 32.7 Å². The number of aromatic nitrogens is 1. The Balaban J connectivity index is 2.13. The molecule has 0 spiro atoms. The summed E-state index contributed by atoms with van der Waals surface area (Å²) in [5, 5.41) is 5.64. The zero-order chi connectivity index (χ0) is 27.4. The van der Waals surface area contributed by atoms with Crippen LogP contribution in [0.3, 0.4) is 0 Å². The van der Waals surface area contributed by atoms with Gasteiger partial charge in [-0.1, -0.05) is 51.1 Å². The lowest BCUT2D eigenvalue weighted by Gasteiger charge is -2.24. The quantitative estimate of drug-likeness (QED) is 0.266. The van der Waals surface area contributed by atoms with Crippen LogP contribution in [-0.4, -0.2) is 65.9 Å². The van der Waals surface area contributed by atoms with Gasteiger partial charge in [-0.25, -0.2) is 0 Å². The van der Waals surface area contributed by atoms with Crippen LogP contribution in [0.15, 0.2) is 48.7 Å². The first-order chi connectivity index (χ1) is 17.5. The minimum Gasteiger partial charge on any atom is -0.343 e. The van der Waals surface area contributed by atoms with E-state index in [1.165, 1.54) is 4.90 Å². The summed E-state index contributed by atoms with van der Waals surface area (Å²) >= 11 is 0. The van der Waals surface area contributed by atoms with Gasteiger partial charge in [0.1, 0.15) is 6.04 Å². The largest absolute Gasteiger partial charge is 0.343 e. The topological polar surface area (TPSA) is 169 Å². The first kappa shape index (κ1) is 29.9. The van der Waals surface area contributed by atoms with Crippen LogP contribution in [0.4, 0.5) is 5.69 Å². The number of nitrogens with one attached hydrogen (secondary N) is 2. The third-order valence-electron chi connectivity index (χ3n) is 5.88. The van der Waals surface area contributed by atoms with E-state index in [2.05, 4.69) is 15.6 Å². The first-order valence-corrected chi connectivity index (χ1v) is 12.6.